The number of ether oxygens (including phenoxy) is 1. The van der Waals surface area contributed by atoms with Crippen molar-refractivity contribution < 1.29 is 9.84 Å². The lowest BCUT2D eigenvalue weighted by atomic mass is 9.98. The number of nitrogens with one attached hydrogen (secondary N) is 1. The first-order chi connectivity index (χ1) is 9.75. The first-order valence-electron chi connectivity index (χ1n) is 7.49. The summed E-state index contributed by atoms with van der Waals surface area (Å²) in [5, 5.41) is 13.9. The molecule has 20 heavy (non-hydrogen) atoms. The van der Waals surface area contributed by atoms with E-state index in [1.807, 2.05) is 24.3 Å². The molecule has 0 heterocycles. The van der Waals surface area contributed by atoms with Crippen molar-refractivity contribution in [1.82, 2.24) is 5.32 Å². The summed E-state index contributed by atoms with van der Waals surface area (Å²) in [5.74, 6) is 0. The summed E-state index contributed by atoms with van der Waals surface area (Å²) in [6, 6.07) is 7.74. The molecule has 3 nitrogen and oxygen atoms in total. The predicted molar refractivity (Wildman–Crippen MR) is 82.0 cm³/mol. The van der Waals surface area contributed by atoms with Gasteiger partial charge >= 0.3 is 0 Å². The molecule has 0 bridgehead atoms. The van der Waals surface area contributed by atoms with Crippen molar-refractivity contribution in [1.29, 1.82) is 0 Å². The Morgan fingerprint density at radius 2 is 2.00 bits per heavy atom. The summed E-state index contributed by atoms with van der Waals surface area (Å²) < 4.78 is 5.76. The fraction of sp³-hybridized carbons (Fsp3) is 0.625. The molecule has 0 saturated heterocycles. The maximum atomic E-state index is 9.91. The highest BCUT2D eigenvalue weighted by molar-refractivity contribution is 6.31. The van der Waals surface area contributed by atoms with E-state index >= 15 is 0 Å². The summed E-state index contributed by atoms with van der Waals surface area (Å²) in [6.45, 7) is 1.61. The smallest absolute Gasteiger partial charge is 0.0897 e. The van der Waals surface area contributed by atoms with Gasteiger partial charge in [0.1, 0.15) is 0 Å². The average Bonchev–Trinajstić information content (AvgIpc) is 2.48. The lowest BCUT2D eigenvalue weighted by Crippen LogP contribution is -2.32. The van der Waals surface area contributed by atoms with Crippen molar-refractivity contribution >= 4 is 11.6 Å². The molecule has 0 amide bonds. The van der Waals surface area contributed by atoms with Crippen LogP contribution in [-0.4, -0.2) is 30.5 Å². The van der Waals surface area contributed by atoms with E-state index < -0.39 is 6.10 Å². The zero-order valence-electron chi connectivity index (χ0n) is 11.9. The van der Waals surface area contributed by atoms with E-state index in [0.717, 1.165) is 23.4 Å². The van der Waals surface area contributed by atoms with Gasteiger partial charge < -0.3 is 15.2 Å². The van der Waals surface area contributed by atoms with Crippen LogP contribution in [-0.2, 0) is 11.3 Å². The summed E-state index contributed by atoms with van der Waals surface area (Å²) >= 11 is 6.08. The van der Waals surface area contributed by atoms with Crippen molar-refractivity contribution in [3.05, 3.63) is 34.9 Å². The Balaban J connectivity index is 1.60. The molecular formula is C16H24ClNO2. The molecular weight excluding hydrogens is 274 g/mol. The maximum absolute atomic E-state index is 9.91. The highest BCUT2D eigenvalue weighted by Gasteiger charge is 2.15. The van der Waals surface area contributed by atoms with Crippen LogP contribution < -0.4 is 5.32 Å². The third kappa shape index (κ3) is 5.41. The second-order valence-corrected chi connectivity index (χ2v) is 5.88. The van der Waals surface area contributed by atoms with Gasteiger partial charge in [-0.05, 0) is 24.5 Å². The van der Waals surface area contributed by atoms with Crippen LogP contribution in [0.3, 0.4) is 0 Å². The van der Waals surface area contributed by atoms with E-state index in [2.05, 4.69) is 5.32 Å². The second kappa shape index (κ2) is 8.63. The molecule has 1 aromatic carbocycles. The molecule has 2 rings (SSSR count). The minimum absolute atomic E-state index is 0.349. The number of aliphatic hydroxyl groups excluding tert-OH is 1. The van der Waals surface area contributed by atoms with Crippen LogP contribution in [0.4, 0.5) is 0 Å². The molecule has 1 saturated carbocycles. The number of hydrogen-bond acceptors (Lipinski definition) is 3. The van der Waals surface area contributed by atoms with Gasteiger partial charge in [-0.3, -0.25) is 0 Å². The number of benzene rings is 1. The van der Waals surface area contributed by atoms with Gasteiger partial charge in [-0.2, -0.15) is 0 Å². The van der Waals surface area contributed by atoms with E-state index in [0.29, 0.717) is 25.8 Å². The molecule has 2 N–H and O–H groups in total. The number of hydrogen-bond donors (Lipinski definition) is 2. The first-order valence-corrected chi connectivity index (χ1v) is 7.87. The van der Waals surface area contributed by atoms with Crippen molar-refractivity contribution in [3.8, 4) is 0 Å². The van der Waals surface area contributed by atoms with Gasteiger partial charge in [-0.25, -0.2) is 0 Å². The van der Waals surface area contributed by atoms with Crippen molar-refractivity contribution in [2.75, 3.05) is 13.2 Å². The van der Waals surface area contributed by atoms with E-state index in [1.54, 1.807) is 0 Å². The van der Waals surface area contributed by atoms with E-state index in [4.69, 9.17) is 16.3 Å². The zero-order valence-corrected chi connectivity index (χ0v) is 12.6. The van der Waals surface area contributed by atoms with Gasteiger partial charge in [-0.15, -0.1) is 0 Å². The van der Waals surface area contributed by atoms with E-state index in [1.165, 1.54) is 19.3 Å². The fourth-order valence-corrected chi connectivity index (χ4v) is 2.76. The monoisotopic (exact) mass is 297 g/mol. The fourth-order valence-electron chi connectivity index (χ4n) is 2.55. The van der Waals surface area contributed by atoms with Gasteiger partial charge in [0.2, 0.25) is 0 Å². The number of halogens is 1. The Kier molecular flexibility index (Phi) is 6.80. The number of aliphatic hydroxyl groups is 1. The van der Waals surface area contributed by atoms with Crippen molar-refractivity contribution in [2.24, 2.45) is 0 Å². The molecule has 0 radical (unpaired) electrons. The van der Waals surface area contributed by atoms with Gasteiger partial charge in [-0.1, -0.05) is 49.1 Å². The molecule has 4 heteroatoms. The Morgan fingerprint density at radius 3 is 2.75 bits per heavy atom. The standard InChI is InChI=1S/C16H24ClNO2/c17-16-9-5-4-6-13(16)10-18-11-14(19)12-20-15-7-2-1-3-8-15/h4-6,9,14-15,18-19H,1-3,7-8,10-12H2. The van der Waals surface area contributed by atoms with Gasteiger partial charge in [0.25, 0.3) is 0 Å². The molecule has 1 unspecified atom stereocenters. The summed E-state index contributed by atoms with van der Waals surface area (Å²) in [7, 11) is 0. The molecule has 0 spiro atoms. The Bertz CT molecular complexity index is 394. The summed E-state index contributed by atoms with van der Waals surface area (Å²) in [6.07, 6.45) is 6.00. The average molecular weight is 298 g/mol. The maximum Gasteiger partial charge on any atom is 0.0897 e. The highest BCUT2D eigenvalue weighted by Crippen LogP contribution is 2.20. The van der Waals surface area contributed by atoms with Crippen LogP contribution in [0.15, 0.2) is 24.3 Å². The van der Waals surface area contributed by atoms with E-state index in [-0.39, 0.29) is 0 Å². The molecule has 112 valence electrons. The normalized spacial score (nSPS) is 18.1. The first kappa shape index (κ1) is 15.8. The van der Waals surface area contributed by atoms with Crippen molar-refractivity contribution in [3.63, 3.8) is 0 Å². The SMILES string of the molecule is OC(CNCc1ccccc1Cl)COC1CCCCC1. The largest absolute Gasteiger partial charge is 0.389 e. The molecule has 1 atom stereocenters. The van der Waals surface area contributed by atoms with Crippen LogP contribution in [0.25, 0.3) is 0 Å². The quantitative estimate of drug-likeness (QED) is 0.812. The minimum Gasteiger partial charge on any atom is -0.389 e. The molecule has 1 aromatic rings. The van der Waals surface area contributed by atoms with Crippen LogP contribution in [0, 0.1) is 0 Å². The molecule has 1 fully saturated rings. The molecule has 1 aliphatic rings. The number of rotatable bonds is 7. The van der Waals surface area contributed by atoms with Gasteiger partial charge in [0, 0.05) is 18.1 Å². The summed E-state index contributed by atoms with van der Waals surface area (Å²) in [4.78, 5) is 0. The third-order valence-corrected chi connectivity index (χ3v) is 4.10. The van der Waals surface area contributed by atoms with Gasteiger partial charge in [0.05, 0.1) is 18.8 Å². The highest BCUT2D eigenvalue weighted by atomic mass is 35.5. The molecule has 1 aliphatic carbocycles. The predicted octanol–water partition coefficient (Wildman–Crippen LogP) is 3.14. The van der Waals surface area contributed by atoms with Crippen LogP contribution in [0.5, 0.6) is 0 Å². The molecule has 0 aromatic heterocycles. The van der Waals surface area contributed by atoms with Crippen LogP contribution >= 0.6 is 11.6 Å². The lowest BCUT2D eigenvalue weighted by Gasteiger charge is -2.23. The van der Waals surface area contributed by atoms with Gasteiger partial charge in [0.15, 0.2) is 0 Å². The zero-order chi connectivity index (χ0) is 14.2. The topological polar surface area (TPSA) is 41.5 Å². The minimum atomic E-state index is -0.459. The van der Waals surface area contributed by atoms with Crippen molar-refractivity contribution in [2.45, 2.75) is 50.9 Å². The van der Waals surface area contributed by atoms with Crippen LogP contribution in [0.1, 0.15) is 37.7 Å². The Morgan fingerprint density at radius 1 is 1.25 bits per heavy atom. The second-order valence-electron chi connectivity index (χ2n) is 5.47. The lowest BCUT2D eigenvalue weighted by molar-refractivity contribution is -0.0230. The van der Waals surface area contributed by atoms with E-state index in [9.17, 15) is 5.11 Å². The third-order valence-electron chi connectivity index (χ3n) is 3.73. The Hall–Kier alpha value is -0.610. The molecule has 0 aliphatic heterocycles. The van der Waals surface area contributed by atoms with Crippen LogP contribution in [0.2, 0.25) is 5.02 Å². The summed E-state index contributed by atoms with van der Waals surface area (Å²) in [5.41, 5.74) is 1.05. The Labute approximate surface area is 126 Å².